The Morgan fingerprint density at radius 1 is 0.905 bits per heavy atom. The molecule has 0 aromatic heterocycles. The highest BCUT2D eigenvalue weighted by Crippen LogP contribution is 2.35. The largest absolute Gasteiger partial charge is 0.298 e. The molecule has 0 N–H and O–H groups in total. The van der Waals surface area contributed by atoms with Gasteiger partial charge in [-0.2, -0.15) is 0 Å². The Hall–Kier alpha value is -1.54. The first-order valence-electron chi connectivity index (χ1n) is 7.62. The topological polar surface area (TPSA) is 17.1 Å². The predicted molar refractivity (Wildman–Crippen MR) is 88.6 cm³/mol. The molecule has 0 aliphatic heterocycles. The Morgan fingerprint density at radius 2 is 1.57 bits per heavy atom. The van der Waals surface area contributed by atoms with Gasteiger partial charge in [-0.3, -0.25) is 4.79 Å². The van der Waals surface area contributed by atoms with Crippen molar-refractivity contribution in [3.05, 3.63) is 66.2 Å². The smallest absolute Gasteiger partial charge is 0.149 e. The first-order chi connectivity index (χ1) is 10.3. The van der Waals surface area contributed by atoms with Crippen molar-refractivity contribution in [2.75, 3.05) is 0 Å². The minimum atomic E-state index is 0.134. The van der Waals surface area contributed by atoms with E-state index in [9.17, 15) is 4.79 Å². The van der Waals surface area contributed by atoms with Gasteiger partial charge in [0.15, 0.2) is 0 Å². The average molecular weight is 296 g/mol. The Labute approximate surface area is 130 Å². The molecule has 0 amide bonds. The molecule has 0 bridgehead atoms. The molecule has 0 heterocycles. The van der Waals surface area contributed by atoms with E-state index in [4.69, 9.17) is 0 Å². The minimum absolute atomic E-state index is 0.134. The quantitative estimate of drug-likeness (QED) is 0.809. The van der Waals surface area contributed by atoms with E-state index in [0.717, 1.165) is 25.7 Å². The second-order valence-corrected chi connectivity index (χ2v) is 6.92. The van der Waals surface area contributed by atoms with Gasteiger partial charge in [0.2, 0.25) is 0 Å². The SMILES string of the molecule is O=C1C(Cc2ccccc2)CCCC1Sc1ccccc1. The molecule has 2 unspecified atom stereocenters. The lowest BCUT2D eigenvalue weighted by Crippen LogP contribution is -2.31. The standard InChI is InChI=1S/C19H20OS/c20-19-16(14-15-8-3-1-4-9-15)10-7-13-18(19)21-17-11-5-2-6-12-17/h1-6,8-9,11-12,16,18H,7,10,13-14H2. The van der Waals surface area contributed by atoms with Crippen LogP contribution >= 0.6 is 11.8 Å². The number of Topliss-reactive ketones (excluding diaryl/α,β-unsaturated/α-hetero) is 1. The fraction of sp³-hybridized carbons (Fsp3) is 0.316. The molecule has 2 aromatic rings. The van der Waals surface area contributed by atoms with Gasteiger partial charge in [0, 0.05) is 10.8 Å². The number of carbonyl (C=O) groups is 1. The molecule has 0 spiro atoms. The summed E-state index contributed by atoms with van der Waals surface area (Å²) in [5, 5.41) is 0.134. The van der Waals surface area contributed by atoms with E-state index < -0.39 is 0 Å². The zero-order chi connectivity index (χ0) is 14.5. The molecular formula is C19H20OS. The maximum atomic E-state index is 12.7. The molecule has 0 radical (unpaired) electrons. The van der Waals surface area contributed by atoms with Gasteiger partial charge in [0.1, 0.15) is 5.78 Å². The van der Waals surface area contributed by atoms with Crippen molar-refractivity contribution in [1.82, 2.24) is 0 Å². The first-order valence-corrected chi connectivity index (χ1v) is 8.50. The van der Waals surface area contributed by atoms with Crippen LogP contribution in [0.5, 0.6) is 0 Å². The Bertz CT molecular complexity index is 528. The summed E-state index contributed by atoms with van der Waals surface area (Å²) < 4.78 is 0. The molecule has 1 aliphatic rings. The van der Waals surface area contributed by atoms with Gasteiger partial charge in [-0.25, -0.2) is 0 Å². The van der Waals surface area contributed by atoms with E-state index in [1.807, 2.05) is 24.3 Å². The van der Waals surface area contributed by atoms with Crippen molar-refractivity contribution >= 4 is 17.5 Å². The number of hydrogen-bond acceptors (Lipinski definition) is 2. The van der Waals surface area contributed by atoms with Gasteiger partial charge < -0.3 is 0 Å². The number of carbonyl (C=O) groups excluding carboxylic acids is 1. The van der Waals surface area contributed by atoms with E-state index in [0.29, 0.717) is 5.78 Å². The van der Waals surface area contributed by atoms with Crippen LogP contribution in [0.15, 0.2) is 65.6 Å². The van der Waals surface area contributed by atoms with Crippen LogP contribution in [0, 0.1) is 5.92 Å². The maximum absolute atomic E-state index is 12.7. The lowest BCUT2D eigenvalue weighted by atomic mass is 9.83. The Morgan fingerprint density at radius 3 is 2.29 bits per heavy atom. The second kappa shape index (κ2) is 6.95. The average Bonchev–Trinajstić information content (AvgIpc) is 2.53. The molecule has 3 rings (SSSR count). The molecule has 1 aliphatic carbocycles. The fourth-order valence-electron chi connectivity index (χ4n) is 2.98. The number of thioether (sulfide) groups is 1. The van der Waals surface area contributed by atoms with Gasteiger partial charge >= 0.3 is 0 Å². The molecule has 1 saturated carbocycles. The summed E-state index contributed by atoms with van der Waals surface area (Å²) in [6, 6.07) is 20.7. The third-order valence-electron chi connectivity index (χ3n) is 4.09. The molecule has 2 aromatic carbocycles. The van der Waals surface area contributed by atoms with Crippen molar-refractivity contribution in [2.24, 2.45) is 5.92 Å². The van der Waals surface area contributed by atoms with Crippen molar-refractivity contribution in [2.45, 2.75) is 35.8 Å². The van der Waals surface area contributed by atoms with Gasteiger partial charge in [0.25, 0.3) is 0 Å². The summed E-state index contributed by atoms with van der Waals surface area (Å²) in [6.07, 6.45) is 4.11. The monoisotopic (exact) mass is 296 g/mol. The van der Waals surface area contributed by atoms with E-state index in [2.05, 4.69) is 36.4 Å². The third-order valence-corrected chi connectivity index (χ3v) is 5.38. The van der Waals surface area contributed by atoms with Crippen LogP contribution in [0.25, 0.3) is 0 Å². The normalized spacial score (nSPS) is 22.2. The van der Waals surface area contributed by atoms with Gasteiger partial charge in [-0.05, 0) is 37.0 Å². The van der Waals surface area contributed by atoms with Crippen LogP contribution < -0.4 is 0 Å². The van der Waals surface area contributed by atoms with E-state index in [1.54, 1.807) is 11.8 Å². The van der Waals surface area contributed by atoms with Crippen LogP contribution in [-0.4, -0.2) is 11.0 Å². The summed E-state index contributed by atoms with van der Waals surface area (Å²) in [5.74, 6) is 0.640. The van der Waals surface area contributed by atoms with Crippen LogP contribution in [0.1, 0.15) is 24.8 Å². The predicted octanol–water partition coefficient (Wildman–Crippen LogP) is 4.76. The van der Waals surface area contributed by atoms with Gasteiger partial charge in [-0.15, -0.1) is 11.8 Å². The molecule has 1 nitrogen and oxygen atoms in total. The van der Waals surface area contributed by atoms with Crippen molar-refractivity contribution in [3.8, 4) is 0 Å². The Balaban J connectivity index is 1.66. The zero-order valence-electron chi connectivity index (χ0n) is 12.1. The number of rotatable bonds is 4. The fourth-order valence-corrected chi connectivity index (χ4v) is 4.21. The summed E-state index contributed by atoms with van der Waals surface area (Å²) >= 11 is 1.74. The summed E-state index contributed by atoms with van der Waals surface area (Å²) in [7, 11) is 0. The van der Waals surface area contributed by atoms with E-state index in [1.165, 1.54) is 10.5 Å². The van der Waals surface area contributed by atoms with Gasteiger partial charge in [-0.1, -0.05) is 55.0 Å². The highest BCUT2D eigenvalue weighted by atomic mass is 32.2. The molecule has 0 saturated heterocycles. The third kappa shape index (κ3) is 3.76. The van der Waals surface area contributed by atoms with Crippen molar-refractivity contribution < 1.29 is 4.79 Å². The summed E-state index contributed by atoms with van der Waals surface area (Å²) in [6.45, 7) is 0. The first kappa shape index (κ1) is 14.4. The number of ketones is 1. The van der Waals surface area contributed by atoms with Crippen LogP contribution in [-0.2, 0) is 11.2 Å². The number of hydrogen-bond donors (Lipinski definition) is 0. The van der Waals surface area contributed by atoms with Crippen LogP contribution in [0.2, 0.25) is 0 Å². The second-order valence-electron chi connectivity index (χ2n) is 5.64. The van der Waals surface area contributed by atoms with Crippen molar-refractivity contribution in [1.29, 1.82) is 0 Å². The molecule has 108 valence electrons. The minimum Gasteiger partial charge on any atom is -0.298 e. The van der Waals surface area contributed by atoms with Gasteiger partial charge in [0.05, 0.1) is 5.25 Å². The zero-order valence-corrected chi connectivity index (χ0v) is 12.9. The molecule has 1 fully saturated rings. The lowest BCUT2D eigenvalue weighted by molar-refractivity contribution is -0.123. The maximum Gasteiger partial charge on any atom is 0.149 e. The highest BCUT2D eigenvalue weighted by Gasteiger charge is 2.31. The number of benzene rings is 2. The van der Waals surface area contributed by atoms with E-state index in [-0.39, 0.29) is 11.2 Å². The highest BCUT2D eigenvalue weighted by molar-refractivity contribution is 8.00. The van der Waals surface area contributed by atoms with Crippen molar-refractivity contribution in [3.63, 3.8) is 0 Å². The molecular weight excluding hydrogens is 276 g/mol. The van der Waals surface area contributed by atoms with Crippen LogP contribution in [0.3, 0.4) is 0 Å². The molecule has 2 heteroatoms. The molecule has 2 atom stereocenters. The molecule has 21 heavy (non-hydrogen) atoms. The lowest BCUT2D eigenvalue weighted by Gasteiger charge is -2.27. The Kier molecular flexibility index (Phi) is 4.76. The summed E-state index contributed by atoms with van der Waals surface area (Å²) in [4.78, 5) is 13.9. The summed E-state index contributed by atoms with van der Waals surface area (Å²) in [5.41, 5.74) is 1.28. The van der Waals surface area contributed by atoms with Crippen LogP contribution in [0.4, 0.5) is 0 Å². The van der Waals surface area contributed by atoms with E-state index >= 15 is 0 Å².